The minimum Gasteiger partial charge on any atom is -0.336 e. The van der Waals surface area contributed by atoms with E-state index in [0.717, 1.165) is 4.90 Å². The number of anilines is 1. The van der Waals surface area contributed by atoms with Crippen LogP contribution in [0.2, 0.25) is 0 Å². The normalized spacial score (nSPS) is 20.4. The highest BCUT2D eigenvalue weighted by atomic mass is 19.1. The van der Waals surface area contributed by atoms with E-state index in [2.05, 4.69) is 0 Å². The third kappa shape index (κ3) is 3.63. The summed E-state index contributed by atoms with van der Waals surface area (Å²) < 4.78 is 27.0. The number of amides is 3. The van der Waals surface area contributed by atoms with Gasteiger partial charge in [-0.1, -0.05) is 12.1 Å². The molecule has 29 heavy (non-hydrogen) atoms. The van der Waals surface area contributed by atoms with Gasteiger partial charge in [-0.05, 0) is 36.4 Å². The van der Waals surface area contributed by atoms with Crippen molar-refractivity contribution in [1.29, 1.82) is 0 Å². The Labute approximate surface area is 166 Å². The molecule has 0 bridgehead atoms. The zero-order valence-electron chi connectivity index (χ0n) is 15.6. The minimum atomic E-state index is -0.613. The number of hydrogen-bond donors (Lipinski definition) is 0. The van der Waals surface area contributed by atoms with Gasteiger partial charge in [0.25, 0.3) is 11.8 Å². The lowest BCUT2D eigenvalue weighted by molar-refractivity contribution is -0.123. The first-order valence-electron chi connectivity index (χ1n) is 9.36. The molecule has 150 valence electrons. The highest BCUT2D eigenvalue weighted by Crippen LogP contribution is 2.26. The number of carbonyl (C=O) groups excluding carboxylic acids is 3. The molecule has 2 fully saturated rings. The molecule has 2 aromatic carbocycles. The van der Waals surface area contributed by atoms with Crippen molar-refractivity contribution in [3.63, 3.8) is 0 Å². The maximum absolute atomic E-state index is 13.9. The molecule has 1 unspecified atom stereocenters. The highest BCUT2D eigenvalue weighted by molar-refractivity contribution is 6.22. The lowest BCUT2D eigenvalue weighted by Gasteiger charge is -2.37. The van der Waals surface area contributed by atoms with Gasteiger partial charge in [0, 0.05) is 26.2 Å². The average molecular weight is 399 g/mol. The zero-order valence-corrected chi connectivity index (χ0v) is 15.6. The van der Waals surface area contributed by atoms with Crippen molar-refractivity contribution in [2.75, 3.05) is 31.1 Å². The van der Waals surface area contributed by atoms with Crippen LogP contribution in [0.3, 0.4) is 0 Å². The molecule has 2 aliphatic rings. The van der Waals surface area contributed by atoms with Crippen LogP contribution in [0.1, 0.15) is 16.8 Å². The van der Waals surface area contributed by atoms with E-state index in [1.807, 2.05) is 4.90 Å². The van der Waals surface area contributed by atoms with Gasteiger partial charge in [-0.15, -0.1) is 0 Å². The van der Waals surface area contributed by atoms with Crippen LogP contribution in [0.25, 0.3) is 0 Å². The Morgan fingerprint density at radius 3 is 2.21 bits per heavy atom. The zero-order chi connectivity index (χ0) is 20.5. The topological polar surface area (TPSA) is 60.9 Å². The Kier molecular flexibility index (Phi) is 5.10. The number of benzene rings is 2. The van der Waals surface area contributed by atoms with Gasteiger partial charge in [0.2, 0.25) is 5.91 Å². The molecule has 0 spiro atoms. The lowest BCUT2D eigenvalue weighted by atomic mass is 10.1. The molecule has 2 heterocycles. The summed E-state index contributed by atoms with van der Waals surface area (Å²) in [5, 5.41) is 0. The quantitative estimate of drug-likeness (QED) is 0.742. The van der Waals surface area contributed by atoms with E-state index in [4.69, 9.17) is 0 Å². The fourth-order valence-corrected chi connectivity index (χ4v) is 3.80. The summed E-state index contributed by atoms with van der Waals surface area (Å²) in [6.07, 6.45) is 0.0392. The number of halogens is 2. The van der Waals surface area contributed by atoms with Crippen LogP contribution < -0.4 is 4.90 Å². The van der Waals surface area contributed by atoms with Crippen molar-refractivity contribution in [2.45, 2.75) is 12.5 Å². The molecule has 0 N–H and O–H groups in total. The van der Waals surface area contributed by atoms with Gasteiger partial charge in [-0.2, -0.15) is 0 Å². The van der Waals surface area contributed by atoms with Crippen LogP contribution in [0.5, 0.6) is 0 Å². The first-order chi connectivity index (χ1) is 14.0. The van der Waals surface area contributed by atoms with E-state index in [9.17, 15) is 23.2 Å². The number of rotatable bonds is 3. The monoisotopic (exact) mass is 399 g/mol. The summed E-state index contributed by atoms with van der Waals surface area (Å²) in [5.74, 6) is -2.08. The second-order valence-electron chi connectivity index (χ2n) is 7.07. The summed E-state index contributed by atoms with van der Waals surface area (Å²) in [6.45, 7) is 1.48. The van der Waals surface area contributed by atoms with Gasteiger partial charge in [0.15, 0.2) is 0 Å². The van der Waals surface area contributed by atoms with E-state index in [1.54, 1.807) is 11.0 Å². The van der Waals surface area contributed by atoms with Gasteiger partial charge in [-0.3, -0.25) is 19.3 Å². The van der Waals surface area contributed by atoms with E-state index >= 15 is 0 Å². The smallest absolute Gasteiger partial charge is 0.256 e. The predicted molar refractivity (Wildman–Crippen MR) is 101 cm³/mol. The largest absolute Gasteiger partial charge is 0.336 e. The molecular weight excluding hydrogens is 380 g/mol. The van der Waals surface area contributed by atoms with Crippen LogP contribution in [-0.2, 0) is 9.59 Å². The molecule has 1 atom stereocenters. The second-order valence-corrected chi connectivity index (χ2v) is 7.07. The summed E-state index contributed by atoms with van der Waals surface area (Å²) in [6, 6.07) is 10.4. The van der Waals surface area contributed by atoms with Crippen molar-refractivity contribution in [2.24, 2.45) is 0 Å². The van der Waals surface area contributed by atoms with Crippen LogP contribution in [0.15, 0.2) is 48.5 Å². The number of hydrogen-bond acceptors (Lipinski definition) is 4. The van der Waals surface area contributed by atoms with Crippen molar-refractivity contribution in [3.05, 3.63) is 65.7 Å². The summed E-state index contributed by atoms with van der Waals surface area (Å²) in [5.41, 5.74) is 0.368. The fourth-order valence-electron chi connectivity index (χ4n) is 3.80. The Morgan fingerprint density at radius 2 is 1.55 bits per heavy atom. The van der Waals surface area contributed by atoms with Crippen molar-refractivity contribution in [3.8, 4) is 0 Å². The highest BCUT2D eigenvalue weighted by Gasteiger charge is 2.43. The van der Waals surface area contributed by atoms with E-state index in [0.29, 0.717) is 31.9 Å². The van der Waals surface area contributed by atoms with E-state index in [1.165, 1.54) is 42.5 Å². The van der Waals surface area contributed by atoms with Crippen molar-refractivity contribution < 1.29 is 23.2 Å². The fraction of sp³-hybridized carbons (Fsp3) is 0.286. The number of imide groups is 1. The van der Waals surface area contributed by atoms with Gasteiger partial charge in [0.1, 0.15) is 11.6 Å². The number of nitrogens with zero attached hydrogens (tertiary/aromatic N) is 3. The molecule has 4 rings (SSSR count). The van der Waals surface area contributed by atoms with Gasteiger partial charge in [0.05, 0.1) is 23.7 Å². The van der Waals surface area contributed by atoms with E-state index in [-0.39, 0.29) is 29.7 Å². The number of piperazine rings is 1. The molecule has 0 aliphatic carbocycles. The van der Waals surface area contributed by atoms with Crippen LogP contribution >= 0.6 is 0 Å². The Morgan fingerprint density at radius 1 is 0.897 bits per heavy atom. The standard InChI is InChI=1S/C21H19F2N3O3/c22-14-5-7-15(8-6-14)26-19(27)13-18(21(26)29)24-9-11-25(12-10-24)20(28)16-3-1-2-4-17(16)23/h1-8,18H,9-13H2. The van der Waals surface area contributed by atoms with Crippen LogP contribution in [0.4, 0.5) is 14.5 Å². The van der Waals surface area contributed by atoms with E-state index < -0.39 is 17.7 Å². The third-order valence-corrected chi connectivity index (χ3v) is 5.35. The molecule has 3 amide bonds. The van der Waals surface area contributed by atoms with Gasteiger partial charge >= 0.3 is 0 Å². The van der Waals surface area contributed by atoms with Crippen LogP contribution in [-0.4, -0.2) is 59.7 Å². The minimum absolute atomic E-state index is 0.0237. The molecule has 8 heteroatoms. The van der Waals surface area contributed by atoms with Gasteiger partial charge in [-0.25, -0.2) is 13.7 Å². The first-order valence-corrected chi connectivity index (χ1v) is 9.36. The third-order valence-electron chi connectivity index (χ3n) is 5.35. The maximum atomic E-state index is 13.9. The predicted octanol–water partition coefficient (Wildman–Crippen LogP) is 2.05. The summed E-state index contributed by atoms with van der Waals surface area (Å²) in [7, 11) is 0. The average Bonchev–Trinajstić information content (AvgIpc) is 3.03. The van der Waals surface area contributed by atoms with Gasteiger partial charge < -0.3 is 4.90 Å². The Bertz CT molecular complexity index is 956. The molecule has 2 aliphatic heterocycles. The first kappa shape index (κ1) is 19.2. The molecule has 0 saturated carbocycles. The molecular formula is C21H19F2N3O3. The molecule has 6 nitrogen and oxygen atoms in total. The van der Waals surface area contributed by atoms with Crippen molar-refractivity contribution >= 4 is 23.4 Å². The number of carbonyl (C=O) groups is 3. The second kappa shape index (κ2) is 7.71. The summed E-state index contributed by atoms with van der Waals surface area (Å²) >= 11 is 0. The maximum Gasteiger partial charge on any atom is 0.256 e. The Hall–Kier alpha value is -3.13. The lowest BCUT2D eigenvalue weighted by Crippen LogP contribution is -2.54. The molecule has 2 aromatic rings. The molecule has 2 saturated heterocycles. The SMILES string of the molecule is O=C(c1ccccc1F)N1CCN(C2CC(=O)N(c3ccc(F)cc3)C2=O)CC1. The molecule has 0 aromatic heterocycles. The molecule has 0 radical (unpaired) electrons. The van der Waals surface area contributed by atoms with Crippen LogP contribution in [0, 0.1) is 11.6 Å². The van der Waals surface area contributed by atoms with Crippen molar-refractivity contribution in [1.82, 2.24) is 9.80 Å². The summed E-state index contributed by atoms with van der Waals surface area (Å²) in [4.78, 5) is 42.3. The Balaban J connectivity index is 1.42.